The maximum Gasteiger partial charge on any atom is 0.225 e. The van der Waals surface area contributed by atoms with Crippen LogP contribution in [0.3, 0.4) is 0 Å². The Morgan fingerprint density at radius 3 is 2.86 bits per heavy atom. The van der Waals surface area contributed by atoms with Gasteiger partial charge in [0.15, 0.2) is 6.29 Å². The van der Waals surface area contributed by atoms with Gasteiger partial charge in [0.1, 0.15) is 5.75 Å². The van der Waals surface area contributed by atoms with Crippen LogP contribution in [0.4, 0.5) is 0 Å². The summed E-state index contributed by atoms with van der Waals surface area (Å²) in [5, 5.41) is 3.77. The first kappa shape index (κ1) is 16.8. The summed E-state index contributed by atoms with van der Waals surface area (Å²) < 4.78 is 5.19. The number of piperidine rings is 1. The Bertz CT molecular complexity index is 557. The van der Waals surface area contributed by atoms with E-state index >= 15 is 0 Å². The first-order chi connectivity index (χ1) is 10.6. The molecule has 0 aliphatic carbocycles. The number of ether oxygens (including phenoxy) is 1. The Labute approximate surface area is 135 Å². The number of rotatable bonds is 6. The number of nitrogens with one attached hydrogen (secondary N) is 1. The lowest BCUT2D eigenvalue weighted by molar-refractivity contribution is -0.119. The highest BCUT2D eigenvalue weighted by atomic mass is 35.5. The summed E-state index contributed by atoms with van der Waals surface area (Å²) in [5.74, 6) is -0.523. The predicted molar refractivity (Wildman–Crippen MR) is 85.6 cm³/mol. The summed E-state index contributed by atoms with van der Waals surface area (Å²) in [6.07, 6.45) is 4.59. The molecule has 2 unspecified atom stereocenters. The summed E-state index contributed by atoms with van der Waals surface area (Å²) in [5.41, 5.74) is 6.55. The molecule has 5 nitrogen and oxygen atoms in total. The number of halogens is 1. The molecule has 1 aromatic rings. The summed E-state index contributed by atoms with van der Waals surface area (Å²) in [4.78, 5) is 22.9. The van der Waals surface area contributed by atoms with Crippen molar-refractivity contribution in [1.82, 2.24) is 5.32 Å². The van der Waals surface area contributed by atoms with Crippen LogP contribution < -0.4 is 15.8 Å². The number of aldehydes is 1. The fourth-order valence-electron chi connectivity index (χ4n) is 2.93. The molecule has 0 aromatic heterocycles. The van der Waals surface area contributed by atoms with Crippen LogP contribution in [0.5, 0.6) is 5.75 Å². The first-order valence-electron chi connectivity index (χ1n) is 7.42. The van der Waals surface area contributed by atoms with Crippen molar-refractivity contribution in [3.8, 4) is 5.75 Å². The second kappa shape index (κ2) is 7.61. The molecule has 6 heteroatoms. The van der Waals surface area contributed by atoms with Gasteiger partial charge in [0.2, 0.25) is 5.91 Å². The van der Waals surface area contributed by atoms with Crippen molar-refractivity contribution in [3.63, 3.8) is 0 Å². The number of hydrogen-bond acceptors (Lipinski definition) is 4. The van der Waals surface area contributed by atoms with Crippen LogP contribution >= 0.6 is 11.6 Å². The molecule has 1 fully saturated rings. The molecule has 1 amide bonds. The van der Waals surface area contributed by atoms with Gasteiger partial charge in [-0.1, -0.05) is 18.0 Å². The molecule has 1 aliphatic heterocycles. The lowest BCUT2D eigenvalue weighted by atomic mass is 9.87. The number of benzene rings is 1. The fraction of sp³-hybridized carbons (Fsp3) is 0.500. The highest BCUT2D eigenvalue weighted by Crippen LogP contribution is 2.34. The fourth-order valence-corrected chi connectivity index (χ4v) is 3.23. The van der Waals surface area contributed by atoms with E-state index in [0.717, 1.165) is 25.8 Å². The zero-order chi connectivity index (χ0) is 16.1. The van der Waals surface area contributed by atoms with Crippen LogP contribution in [0.1, 0.15) is 47.5 Å². The molecular weight excluding hydrogens is 304 g/mol. The van der Waals surface area contributed by atoms with Crippen LogP contribution in [0, 0.1) is 0 Å². The molecular formula is C16H21ClN2O3. The van der Waals surface area contributed by atoms with Crippen LogP contribution in [-0.2, 0) is 4.79 Å². The zero-order valence-electron chi connectivity index (χ0n) is 12.6. The Kier molecular flexibility index (Phi) is 5.80. The van der Waals surface area contributed by atoms with E-state index in [1.54, 1.807) is 6.07 Å². The molecule has 0 saturated carbocycles. The van der Waals surface area contributed by atoms with Gasteiger partial charge in [0, 0.05) is 11.1 Å². The van der Waals surface area contributed by atoms with Crippen molar-refractivity contribution in [2.75, 3.05) is 13.7 Å². The van der Waals surface area contributed by atoms with Gasteiger partial charge in [-0.3, -0.25) is 9.59 Å². The lowest BCUT2D eigenvalue weighted by Crippen LogP contribution is -2.37. The van der Waals surface area contributed by atoms with Crippen molar-refractivity contribution >= 4 is 23.8 Å². The third-order valence-corrected chi connectivity index (χ3v) is 4.45. The van der Waals surface area contributed by atoms with Gasteiger partial charge >= 0.3 is 0 Å². The quantitative estimate of drug-likeness (QED) is 0.786. The van der Waals surface area contributed by atoms with Crippen molar-refractivity contribution in [1.29, 1.82) is 0 Å². The van der Waals surface area contributed by atoms with Gasteiger partial charge in [-0.15, -0.1) is 0 Å². The molecule has 1 heterocycles. The van der Waals surface area contributed by atoms with E-state index in [4.69, 9.17) is 22.1 Å². The molecule has 0 spiro atoms. The smallest absolute Gasteiger partial charge is 0.225 e. The normalized spacial score (nSPS) is 19.5. The average molecular weight is 325 g/mol. The molecule has 0 bridgehead atoms. The zero-order valence-corrected chi connectivity index (χ0v) is 13.4. The Balaban J connectivity index is 2.31. The van der Waals surface area contributed by atoms with Crippen LogP contribution in [0.25, 0.3) is 0 Å². The van der Waals surface area contributed by atoms with Crippen molar-refractivity contribution in [2.24, 2.45) is 5.73 Å². The molecule has 1 aromatic carbocycles. The number of methoxy groups -OCH3 is 1. The average Bonchev–Trinajstić information content (AvgIpc) is 2.53. The SMILES string of the molecule is COc1cc(C(CC2CCCCN2)C(N)=O)c(Cl)cc1C=O. The van der Waals surface area contributed by atoms with Crippen LogP contribution in [-0.4, -0.2) is 31.9 Å². The number of carbonyl (C=O) groups excluding carboxylic acids is 2. The van der Waals surface area contributed by atoms with E-state index < -0.39 is 11.8 Å². The molecule has 120 valence electrons. The highest BCUT2D eigenvalue weighted by molar-refractivity contribution is 6.32. The summed E-state index contributed by atoms with van der Waals surface area (Å²) in [7, 11) is 1.47. The van der Waals surface area contributed by atoms with Gasteiger partial charge in [-0.25, -0.2) is 0 Å². The maximum atomic E-state index is 11.9. The minimum absolute atomic E-state index is 0.249. The Morgan fingerprint density at radius 2 is 2.32 bits per heavy atom. The van der Waals surface area contributed by atoms with E-state index in [-0.39, 0.29) is 6.04 Å². The molecule has 3 N–H and O–H groups in total. The Morgan fingerprint density at radius 1 is 1.55 bits per heavy atom. The molecule has 0 radical (unpaired) electrons. The summed E-state index contributed by atoms with van der Waals surface area (Å²) in [6, 6.07) is 3.41. The number of primary amides is 1. The number of amides is 1. The van der Waals surface area contributed by atoms with E-state index in [1.165, 1.54) is 13.2 Å². The van der Waals surface area contributed by atoms with Gasteiger partial charge in [0.05, 0.1) is 18.6 Å². The van der Waals surface area contributed by atoms with Gasteiger partial charge < -0.3 is 15.8 Å². The molecule has 2 rings (SSSR count). The lowest BCUT2D eigenvalue weighted by Gasteiger charge is -2.27. The largest absolute Gasteiger partial charge is 0.496 e. The van der Waals surface area contributed by atoms with Crippen LogP contribution in [0.15, 0.2) is 12.1 Å². The van der Waals surface area contributed by atoms with Crippen molar-refractivity contribution < 1.29 is 14.3 Å². The van der Waals surface area contributed by atoms with Crippen molar-refractivity contribution in [2.45, 2.75) is 37.6 Å². The molecule has 1 aliphatic rings. The van der Waals surface area contributed by atoms with Gasteiger partial charge in [0.25, 0.3) is 0 Å². The number of nitrogens with two attached hydrogens (primary N) is 1. The second-order valence-corrected chi connectivity index (χ2v) is 5.98. The van der Waals surface area contributed by atoms with Crippen LogP contribution in [0.2, 0.25) is 5.02 Å². The summed E-state index contributed by atoms with van der Waals surface area (Å²) >= 11 is 6.25. The monoisotopic (exact) mass is 324 g/mol. The van der Waals surface area contributed by atoms with Gasteiger partial charge in [-0.2, -0.15) is 0 Å². The van der Waals surface area contributed by atoms with Gasteiger partial charge in [-0.05, 0) is 43.5 Å². The maximum absolute atomic E-state index is 11.9. The minimum Gasteiger partial charge on any atom is -0.496 e. The van der Waals surface area contributed by atoms with Crippen molar-refractivity contribution in [3.05, 3.63) is 28.3 Å². The summed E-state index contributed by atoms with van der Waals surface area (Å²) in [6.45, 7) is 0.956. The number of hydrogen-bond donors (Lipinski definition) is 2. The van der Waals surface area contributed by atoms with E-state index in [0.29, 0.717) is 34.6 Å². The highest BCUT2D eigenvalue weighted by Gasteiger charge is 2.26. The van der Waals surface area contributed by atoms with E-state index in [2.05, 4.69) is 5.32 Å². The molecule has 1 saturated heterocycles. The Hall–Kier alpha value is -1.59. The second-order valence-electron chi connectivity index (χ2n) is 5.57. The first-order valence-corrected chi connectivity index (χ1v) is 7.80. The third kappa shape index (κ3) is 3.78. The molecule has 2 atom stereocenters. The third-order valence-electron chi connectivity index (χ3n) is 4.13. The molecule has 22 heavy (non-hydrogen) atoms. The van der Waals surface area contributed by atoms with E-state index in [1.807, 2.05) is 0 Å². The number of carbonyl (C=O) groups is 2. The standard InChI is InChI=1S/C16H21ClN2O3/c1-22-15-8-12(14(17)6-10(15)9-20)13(16(18)21)7-11-4-2-3-5-19-11/h6,8-9,11,13,19H,2-5,7H2,1H3,(H2,18,21). The van der Waals surface area contributed by atoms with E-state index in [9.17, 15) is 9.59 Å². The minimum atomic E-state index is -0.502. The predicted octanol–water partition coefficient (Wildman–Crippen LogP) is 2.26. The topological polar surface area (TPSA) is 81.4 Å².